The molecule has 0 aliphatic heterocycles. The van der Waals surface area contributed by atoms with E-state index in [0.717, 1.165) is 11.7 Å². The zero-order chi connectivity index (χ0) is 8.97. The Morgan fingerprint density at radius 2 is 2.25 bits per heavy atom. The second-order valence-corrected chi connectivity index (χ2v) is 2.71. The number of aliphatic hydroxyl groups excluding tert-OH is 2. The maximum atomic E-state index is 9.27. The molecule has 0 spiro atoms. The van der Waals surface area contributed by atoms with Gasteiger partial charge in [-0.05, 0) is 19.1 Å². The Bertz CT molecular complexity index is 299. The molecule has 1 aromatic heterocycles. The summed E-state index contributed by atoms with van der Waals surface area (Å²) in [7, 11) is 0. The molecule has 0 amide bonds. The number of allylic oxidation sites excluding steroid dienone is 3. The van der Waals surface area contributed by atoms with Gasteiger partial charge in [0.2, 0.25) is 0 Å². The molecule has 0 radical (unpaired) electrons. The minimum absolute atomic E-state index is 0.00264. The summed E-state index contributed by atoms with van der Waals surface area (Å²) in [4.78, 5) is 0. The van der Waals surface area contributed by atoms with Gasteiger partial charge in [-0.3, -0.25) is 0 Å². The van der Waals surface area contributed by atoms with Crippen molar-refractivity contribution in [3.05, 3.63) is 29.8 Å². The van der Waals surface area contributed by atoms with Gasteiger partial charge in [-0.15, -0.1) is 0 Å². The van der Waals surface area contributed by atoms with E-state index in [-0.39, 0.29) is 11.5 Å². The lowest BCUT2D eigenvalue weighted by Gasteiger charge is -1.89. The van der Waals surface area contributed by atoms with Crippen molar-refractivity contribution in [2.75, 3.05) is 0 Å². The smallest absolute Gasteiger partial charge is 0.144 e. The van der Waals surface area contributed by atoms with E-state index in [0.29, 0.717) is 5.69 Å². The monoisotopic (exact) mass is 184 g/mol. The van der Waals surface area contributed by atoms with Crippen LogP contribution in [0.2, 0.25) is 0 Å². The number of hydrogen-bond acceptors (Lipinski definition) is 5. The Morgan fingerprint density at radius 3 is 2.75 bits per heavy atom. The Labute approximate surface area is 73.8 Å². The van der Waals surface area contributed by atoms with Crippen LogP contribution in [0.15, 0.2) is 24.1 Å². The van der Waals surface area contributed by atoms with Gasteiger partial charge >= 0.3 is 0 Å². The number of rotatable bonds is 2. The zero-order valence-corrected chi connectivity index (χ0v) is 7.25. The number of nitrogens with zero attached hydrogens (tertiary/aromatic N) is 2. The molecule has 4 nitrogen and oxygen atoms in total. The van der Waals surface area contributed by atoms with Gasteiger partial charge in [-0.1, -0.05) is 0 Å². The average Bonchev–Trinajstić information content (AvgIpc) is 2.51. The van der Waals surface area contributed by atoms with Crippen LogP contribution in [0.3, 0.4) is 0 Å². The molecule has 0 saturated heterocycles. The summed E-state index contributed by atoms with van der Waals surface area (Å²) in [5.74, 6) is 0.127. The largest absolute Gasteiger partial charge is 0.513 e. The minimum Gasteiger partial charge on any atom is -0.513 e. The fraction of sp³-hybridized carbons (Fsp3) is 0.143. The van der Waals surface area contributed by atoms with Crippen LogP contribution in [0.1, 0.15) is 12.6 Å². The highest BCUT2D eigenvalue weighted by Gasteiger charge is 1.99. The van der Waals surface area contributed by atoms with Crippen molar-refractivity contribution in [2.24, 2.45) is 0 Å². The third-order valence-electron chi connectivity index (χ3n) is 1.11. The van der Waals surface area contributed by atoms with Crippen LogP contribution in [0.5, 0.6) is 0 Å². The van der Waals surface area contributed by atoms with E-state index < -0.39 is 0 Å². The van der Waals surface area contributed by atoms with Gasteiger partial charge in [0.15, 0.2) is 0 Å². The second-order valence-electron chi connectivity index (χ2n) is 2.15. The molecule has 1 rings (SSSR count). The summed E-state index contributed by atoms with van der Waals surface area (Å²) in [6, 6.07) is 0. The van der Waals surface area contributed by atoms with E-state index in [9.17, 15) is 5.11 Å². The predicted molar refractivity (Wildman–Crippen MR) is 46.9 cm³/mol. The Morgan fingerprint density at radius 1 is 1.50 bits per heavy atom. The van der Waals surface area contributed by atoms with Crippen LogP contribution < -0.4 is 0 Å². The zero-order valence-electron chi connectivity index (χ0n) is 6.43. The first-order chi connectivity index (χ1) is 5.70. The Hall–Kier alpha value is -1.36. The molecule has 5 heteroatoms. The topological polar surface area (TPSA) is 66.2 Å². The first-order valence-corrected chi connectivity index (χ1v) is 3.97. The third-order valence-corrected chi connectivity index (χ3v) is 1.58. The van der Waals surface area contributed by atoms with E-state index in [4.69, 9.17) is 5.11 Å². The SMILES string of the molecule is C/C(O)=C\C=C(\O)c1cnsn1. The van der Waals surface area contributed by atoms with Crippen molar-refractivity contribution in [3.8, 4) is 0 Å². The lowest BCUT2D eigenvalue weighted by atomic mass is 10.3. The van der Waals surface area contributed by atoms with Gasteiger partial charge in [0.1, 0.15) is 11.5 Å². The van der Waals surface area contributed by atoms with Crippen LogP contribution in [-0.2, 0) is 0 Å². The lowest BCUT2D eigenvalue weighted by Crippen LogP contribution is -1.80. The Balaban J connectivity index is 2.78. The van der Waals surface area contributed by atoms with Gasteiger partial charge < -0.3 is 10.2 Å². The molecule has 0 bridgehead atoms. The minimum atomic E-state index is -0.00264. The van der Waals surface area contributed by atoms with Crippen LogP contribution in [0, 0.1) is 0 Å². The molecular weight excluding hydrogens is 176 g/mol. The van der Waals surface area contributed by atoms with Crippen LogP contribution in [0.25, 0.3) is 5.76 Å². The van der Waals surface area contributed by atoms with Crippen molar-refractivity contribution >= 4 is 17.5 Å². The second kappa shape index (κ2) is 3.87. The van der Waals surface area contributed by atoms with E-state index >= 15 is 0 Å². The maximum Gasteiger partial charge on any atom is 0.144 e. The fourth-order valence-corrected chi connectivity index (χ4v) is 0.985. The third kappa shape index (κ3) is 2.35. The normalized spacial score (nSPS) is 13.4. The molecule has 0 aromatic carbocycles. The van der Waals surface area contributed by atoms with Crippen LogP contribution in [0.4, 0.5) is 0 Å². The van der Waals surface area contributed by atoms with Gasteiger partial charge in [-0.2, -0.15) is 8.75 Å². The van der Waals surface area contributed by atoms with Crippen molar-refractivity contribution in [1.82, 2.24) is 8.75 Å². The molecule has 12 heavy (non-hydrogen) atoms. The van der Waals surface area contributed by atoms with Crippen molar-refractivity contribution in [2.45, 2.75) is 6.92 Å². The first-order valence-electron chi connectivity index (χ1n) is 3.24. The highest BCUT2D eigenvalue weighted by molar-refractivity contribution is 6.99. The van der Waals surface area contributed by atoms with E-state index in [1.165, 1.54) is 25.3 Å². The molecule has 0 unspecified atom stereocenters. The standard InChI is InChI=1S/C7H8N2O2S/c1-5(10)2-3-7(11)6-4-8-12-9-6/h2-4,10-11H,1H3/b5-2+,7-3+. The highest BCUT2D eigenvalue weighted by atomic mass is 32.1. The van der Waals surface area contributed by atoms with E-state index in [1.54, 1.807) is 0 Å². The summed E-state index contributed by atoms with van der Waals surface area (Å²) < 4.78 is 7.51. The Kier molecular flexibility index (Phi) is 2.82. The van der Waals surface area contributed by atoms with Crippen molar-refractivity contribution in [1.29, 1.82) is 0 Å². The molecule has 0 saturated carbocycles. The predicted octanol–water partition coefficient (Wildman–Crippen LogP) is 1.90. The summed E-state index contributed by atoms with van der Waals surface area (Å²) in [6.07, 6.45) is 4.21. The van der Waals surface area contributed by atoms with E-state index in [1.807, 2.05) is 0 Å². The quantitative estimate of drug-likeness (QED) is 0.544. The lowest BCUT2D eigenvalue weighted by molar-refractivity contribution is 0.414. The van der Waals surface area contributed by atoms with Crippen molar-refractivity contribution < 1.29 is 10.2 Å². The number of aromatic nitrogens is 2. The summed E-state index contributed by atoms with van der Waals surface area (Å²) in [5, 5.41) is 18.0. The summed E-state index contributed by atoms with van der Waals surface area (Å²) in [6.45, 7) is 1.52. The molecule has 2 N–H and O–H groups in total. The van der Waals surface area contributed by atoms with Crippen LogP contribution >= 0.6 is 11.7 Å². The first kappa shape index (κ1) is 8.73. The van der Waals surface area contributed by atoms with E-state index in [2.05, 4.69) is 8.75 Å². The molecule has 1 heterocycles. The average molecular weight is 184 g/mol. The molecule has 0 fully saturated rings. The van der Waals surface area contributed by atoms with Gasteiger partial charge in [0.25, 0.3) is 0 Å². The van der Waals surface area contributed by atoms with Crippen LogP contribution in [-0.4, -0.2) is 19.0 Å². The highest BCUT2D eigenvalue weighted by Crippen LogP contribution is 2.08. The van der Waals surface area contributed by atoms with Gasteiger partial charge in [0.05, 0.1) is 23.7 Å². The molecular formula is C7H8N2O2S. The number of aliphatic hydroxyl groups is 2. The summed E-state index contributed by atoms with van der Waals surface area (Å²) >= 11 is 1.02. The molecule has 1 aromatic rings. The maximum absolute atomic E-state index is 9.27. The fourth-order valence-electron chi connectivity index (χ4n) is 0.562. The molecule has 0 aliphatic rings. The summed E-state index contributed by atoms with van der Waals surface area (Å²) in [5.41, 5.74) is 0.414. The number of hydrogen-bond donors (Lipinski definition) is 2. The molecule has 0 atom stereocenters. The van der Waals surface area contributed by atoms with Gasteiger partial charge in [-0.25, -0.2) is 0 Å². The van der Waals surface area contributed by atoms with Crippen molar-refractivity contribution in [3.63, 3.8) is 0 Å². The molecule has 0 aliphatic carbocycles. The van der Waals surface area contributed by atoms with Gasteiger partial charge in [0, 0.05) is 0 Å². The molecule has 64 valence electrons.